The van der Waals surface area contributed by atoms with Crippen LogP contribution in [0.15, 0.2) is 112 Å². The number of hydrogen-bond acceptors (Lipinski definition) is 6. The van der Waals surface area contributed by atoms with Crippen LogP contribution in [0.1, 0.15) is 36.6 Å². The largest absolute Gasteiger partial charge is 0.463 e. The Balaban J connectivity index is 1.56. The molecule has 2 aromatic heterocycles. The normalized spacial score (nSPS) is 15.0. The van der Waals surface area contributed by atoms with Crippen molar-refractivity contribution in [1.29, 1.82) is 0 Å². The van der Waals surface area contributed by atoms with Crippen LogP contribution >= 0.6 is 11.3 Å². The molecule has 204 valence electrons. The summed E-state index contributed by atoms with van der Waals surface area (Å²) < 4.78 is 9.35. The number of esters is 1. The number of rotatable bonds is 6. The van der Waals surface area contributed by atoms with E-state index in [9.17, 15) is 9.59 Å². The second kappa shape index (κ2) is 11.0. The molecule has 0 unspecified atom stereocenters. The van der Waals surface area contributed by atoms with E-state index in [0.717, 1.165) is 33.6 Å². The van der Waals surface area contributed by atoms with Gasteiger partial charge in [-0.2, -0.15) is 5.10 Å². The highest BCUT2D eigenvalue weighted by molar-refractivity contribution is 7.07. The molecular weight excluding hydrogens is 532 g/mol. The Labute approximate surface area is 241 Å². The number of para-hydroxylation sites is 1. The van der Waals surface area contributed by atoms with Gasteiger partial charge in [-0.05, 0) is 44.5 Å². The van der Waals surface area contributed by atoms with Gasteiger partial charge in [0.15, 0.2) is 4.80 Å². The lowest BCUT2D eigenvalue weighted by molar-refractivity contribution is -0.139. The molecule has 0 radical (unpaired) electrons. The Morgan fingerprint density at radius 3 is 2.34 bits per heavy atom. The number of carbonyl (C=O) groups is 1. The van der Waals surface area contributed by atoms with Crippen LogP contribution in [-0.4, -0.2) is 26.9 Å². The zero-order valence-electron chi connectivity index (χ0n) is 22.9. The topological polar surface area (TPSA) is 78.5 Å². The number of carbonyl (C=O) groups excluding carboxylic acids is 1. The SMILES string of the molecule is CCOC(=O)C1=C(C)N=c2sc(=Cc3cn(-c4ccccc4)nc3-c3ccccc3)c(=O)n2[C@@H]1c1ccc(C)cc1. The molecule has 5 aromatic rings. The second-order valence-electron chi connectivity index (χ2n) is 9.79. The standard InChI is InChI=1S/C33H28N4O3S/c1-4-40-32(39)28-22(3)34-33-37(30(28)24-17-15-21(2)16-18-24)31(38)27(41-33)19-25-20-36(26-13-9-6-10-14-26)35-29(25)23-11-7-5-8-12-23/h5-20,30H,4H2,1-3H3/t30-/m1/s1. The van der Waals surface area contributed by atoms with Crippen molar-refractivity contribution in [2.45, 2.75) is 26.8 Å². The van der Waals surface area contributed by atoms with Crippen LogP contribution in [-0.2, 0) is 9.53 Å². The maximum Gasteiger partial charge on any atom is 0.338 e. The molecule has 8 heteroatoms. The van der Waals surface area contributed by atoms with Crippen molar-refractivity contribution in [3.8, 4) is 16.9 Å². The Kier molecular flexibility index (Phi) is 7.07. The maximum atomic E-state index is 14.1. The predicted molar refractivity (Wildman–Crippen MR) is 161 cm³/mol. The summed E-state index contributed by atoms with van der Waals surface area (Å²) in [6.07, 6.45) is 3.80. The van der Waals surface area contributed by atoms with Crippen LogP contribution in [0.3, 0.4) is 0 Å². The van der Waals surface area contributed by atoms with Gasteiger partial charge >= 0.3 is 5.97 Å². The van der Waals surface area contributed by atoms with Gasteiger partial charge in [-0.25, -0.2) is 14.5 Å². The van der Waals surface area contributed by atoms with E-state index in [4.69, 9.17) is 14.8 Å². The molecule has 0 spiro atoms. The smallest absolute Gasteiger partial charge is 0.338 e. The summed E-state index contributed by atoms with van der Waals surface area (Å²) in [6, 6.07) is 27.0. The van der Waals surface area contributed by atoms with E-state index in [-0.39, 0.29) is 12.2 Å². The number of aryl methyl sites for hydroxylation is 1. The van der Waals surface area contributed by atoms with Gasteiger partial charge < -0.3 is 4.74 Å². The molecule has 0 saturated heterocycles. The molecule has 0 bridgehead atoms. The monoisotopic (exact) mass is 560 g/mol. The average molecular weight is 561 g/mol. The lowest BCUT2D eigenvalue weighted by Gasteiger charge is -2.24. The summed E-state index contributed by atoms with van der Waals surface area (Å²) in [5.41, 5.74) is 6.03. The quantitative estimate of drug-likeness (QED) is 0.275. The van der Waals surface area contributed by atoms with E-state index >= 15 is 0 Å². The third kappa shape index (κ3) is 4.98. The summed E-state index contributed by atoms with van der Waals surface area (Å²) in [5, 5.41) is 4.89. The number of fused-ring (bicyclic) bond motifs is 1. The molecule has 7 nitrogen and oxygen atoms in total. The van der Waals surface area contributed by atoms with E-state index in [0.29, 0.717) is 20.6 Å². The number of benzene rings is 3. The Morgan fingerprint density at radius 1 is 0.976 bits per heavy atom. The number of hydrogen-bond donors (Lipinski definition) is 0. The first-order chi connectivity index (χ1) is 19.9. The number of allylic oxidation sites excluding steroid dienone is 1. The molecular formula is C33H28N4O3S. The van der Waals surface area contributed by atoms with Crippen molar-refractivity contribution < 1.29 is 9.53 Å². The summed E-state index contributed by atoms with van der Waals surface area (Å²) in [6.45, 7) is 5.79. The van der Waals surface area contributed by atoms with Crippen molar-refractivity contribution in [1.82, 2.24) is 14.3 Å². The van der Waals surface area contributed by atoms with Crippen LogP contribution in [0.25, 0.3) is 23.0 Å². The summed E-state index contributed by atoms with van der Waals surface area (Å²) in [5.74, 6) is -0.468. The zero-order valence-corrected chi connectivity index (χ0v) is 23.8. The molecule has 0 fully saturated rings. The molecule has 1 aliphatic heterocycles. The number of aromatic nitrogens is 3. The van der Waals surface area contributed by atoms with Gasteiger partial charge in [0, 0.05) is 17.3 Å². The average Bonchev–Trinajstić information content (AvgIpc) is 3.54. The van der Waals surface area contributed by atoms with Gasteiger partial charge in [-0.15, -0.1) is 0 Å². The van der Waals surface area contributed by atoms with Crippen molar-refractivity contribution in [3.63, 3.8) is 0 Å². The van der Waals surface area contributed by atoms with Crippen molar-refractivity contribution >= 4 is 23.4 Å². The van der Waals surface area contributed by atoms with E-state index < -0.39 is 12.0 Å². The fraction of sp³-hybridized carbons (Fsp3) is 0.152. The van der Waals surface area contributed by atoms with E-state index in [1.165, 1.54) is 11.3 Å². The van der Waals surface area contributed by atoms with Crippen LogP contribution in [0, 0.1) is 6.92 Å². The minimum absolute atomic E-state index is 0.222. The van der Waals surface area contributed by atoms with Crippen LogP contribution in [0.2, 0.25) is 0 Å². The predicted octanol–water partition coefficient (Wildman–Crippen LogP) is 4.96. The highest BCUT2D eigenvalue weighted by atomic mass is 32.1. The summed E-state index contributed by atoms with van der Waals surface area (Å²) in [4.78, 5) is 32.5. The van der Waals surface area contributed by atoms with E-state index in [1.54, 1.807) is 18.4 Å². The fourth-order valence-corrected chi connectivity index (χ4v) is 6.06. The third-order valence-corrected chi connectivity index (χ3v) is 7.99. The molecule has 1 atom stereocenters. The third-order valence-electron chi connectivity index (χ3n) is 7.01. The zero-order chi connectivity index (χ0) is 28.5. The number of thiazole rings is 1. The van der Waals surface area contributed by atoms with Crippen molar-refractivity contribution in [3.05, 3.63) is 139 Å². The molecule has 41 heavy (non-hydrogen) atoms. The van der Waals surface area contributed by atoms with Crippen LogP contribution in [0.4, 0.5) is 0 Å². The first-order valence-electron chi connectivity index (χ1n) is 13.4. The number of nitrogens with zero attached hydrogens (tertiary/aromatic N) is 4. The Hall–Kier alpha value is -4.82. The van der Waals surface area contributed by atoms with Crippen molar-refractivity contribution in [2.24, 2.45) is 4.99 Å². The Bertz CT molecular complexity index is 1950. The highest BCUT2D eigenvalue weighted by Gasteiger charge is 2.33. The molecule has 1 aliphatic rings. The van der Waals surface area contributed by atoms with E-state index in [2.05, 4.69) is 0 Å². The maximum absolute atomic E-state index is 14.1. The van der Waals surface area contributed by atoms with Gasteiger partial charge in [-0.3, -0.25) is 9.36 Å². The lowest BCUT2D eigenvalue weighted by atomic mass is 9.95. The van der Waals surface area contributed by atoms with Gasteiger partial charge in [-0.1, -0.05) is 89.7 Å². The second-order valence-corrected chi connectivity index (χ2v) is 10.8. The molecule has 0 amide bonds. The number of ether oxygens (including phenoxy) is 1. The molecule has 0 aliphatic carbocycles. The first-order valence-corrected chi connectivity index (χ1v) is 14.2. The first kappa shape index (κ1) is 26.4. The minimum Gasteiger partial charge on any atom is -0.463 e. The lowest BCUT2D eigenvalue weighted by Crippen LogP contribution is -2.39. The fourth-order valence-electron chi connectivity index (χ4n) is 5.02. The molecule has 0 N–H and O–H groups in total. The van der Waals surface area contributed by atoms with Crippen molar-refractivity contribution in [2.75, 3.05) is 6.61 Å². The summed E-state index contributed by atoms with van der Waals surface area (Å²) >= 11 is 1.30. The molecule has 3 heterocycles. The van der Waals surface area contributed by atoms with Gasteiger partial charge in [0.1, 0.15) is 0 Å². The molecule has 0 saturated carbocycles. The highest BCUT2D eigenvalue weighted by Crippen LogP contribution is 2.31. The van der Waals surface area contributed by atoms with E-state index in [1.807, 2.05) is 109 Å². The van der Waals surface area contributed by atoms with Gasteiger partial charge in [0.2, 0.25) is 0 Å². The van der Waals surface area contributed by atoms with Gasteiger partial charge in [0.25, 0.3) is 5.56 Å². The molecule has 3 aromatic carbocycles. The van der Waals surface area contributed by atoms with Crippen LogP contribution < -0.4 is 14.9 Å². The minimum atomic E-state index is -0.645. The van der Waals surface area contributed by atoms with Gasteiger partial charge in [0.05, 0.1) is 39.8 Å². The summed E-state index contributed by atoms with van der Waals surface area (Å²) in [7, 11) is 0. The van der Waals surface area contributed by atoms with Crippen LogP contribution in [0.5, 0.6) is 0 Å². The Morgan fingerprint density at radius 2 is 1.66 bits per heavy atom. The molecule has 6 rings (SSSR count).